The standard InChI is InChI=1S/C6H10O.C4H8O2.2C2H6/c1-3-4-6(2)5-7;1-4(3-5)6-2;2*1-2/h3-6H,1-2H3;5H,1,3H2,2H3;2*1-2H3. The molecule has 17 heavy (non-hydrogen) atoms. The molecule has 0 fully saturated rings. The molecule has 0 radical (unpaired) electrons. The Morgan fingerprint density at radius 3 is 1.82 bits per heavy atom. The van der Waals surface area contributed by atoms with Crippen molar-refractivity contribution in [3.8, 4) is 0 Å². The summed E-state index contributed by atoms with van der Waals surface area (Å²) >= 11 is 0. The van der Waals surface area contributed by atoms with Gasteiger partial charge in [0.25, 0.3) is 0 Å². The number of ether oxygens (including phenoxy) is 1. The lowest BCUT2D eigenvalue weighted by molar-refractivity contribution is -0.109. The molecule has 1 N–H and O–H groups in total. The lowest BCUT2D eigenvalue weighted by Crippen LogP contribution is -1.88. The summed E-state index contributed by atoms with van der Waals surface area (Å²) in [5.41, 5.74) is 0. The molecular weight excluding hydrogens is 216 g/mol. The Bertz CT molecular complexity index is 157. The van der Waals surface area contributed by atoms with Gasteiger partial charge < -0.3 is 14.6 Å². The van der Waals surface area contributed by atoms with Crippen molar-refractivity contribution >= 4 is 6.29 Å². The van der Waals surface area contributed by atoms with Gasteiger partial charge >= 0.3 is 0 Å². The first kappa shape index (κ1) is 24.9. The second-order valence-corrected chi connectivity index (χ2v) is 2.42. The van der Waals surface area contributed by atoms with E-state index in [2.05, 4.69) is 11.3 Å². The zero-order valence-corrected chi connectivity index (χ0v) is 12.5. The zero-order chi connectivity index (χ0) is 14.7. The minimum atomic E-state index is -0.0868. The number of carbonyl (C=O) groups excluding carboxylic acids is 1. The minimum absolute atomic E-state index is 0.0868. The van der Waals surface area contributed by atoms with Crippen LogP contribution < -0.4 is 0 Å². The van der Waals surface area contributed by atoms with Crippen LogP contribution in [0.4, 0.5) is 0 Å². The van der Waals surface area contributed by atoms with E-state index in [0.717, 1.165) is 6.29 Å². The van der Waals surface area contributed by atoms with E-state index in [9.17, 15) is 4.79 Å². The average molecular weight is 246 g/mol. The number of aliphatic hydroxyl groups excluding tert-OH is 1. The number of hydrogen-bond acceptors (Lipinski definition) is 3. The highest BCUT2D eigenvalue weighted by Gasteiger charge is 1.86. The highest BCUT2D eigenvalue weighted by atomic mass is 16.5. The van der Waals surface area contributed by atoms with Crippen molar-refractivity contribution in [1.29, 1.82) is 0 Å². The second-order valence-electron chi connectivity index (χ2n) is 2.42. The van der Waals surface area contributed by atoms with Crippen molar-refractivity contribution in [1.82, 2.24) is 0 Å². The van der Waals surface area contributed by atoms with Crippen LogP contribution in [0.1, 0.15) is 41.5 Å². The Morgan fingerprint density at radius 2 is 1.76 bits per heavy atom. The summed E-state index contributed by atoms with van der Waals surface area (Å²) in [6.45, 7) is 15.0. The Hall–Kier alpha value is -1.09. The first-order valence-electron chi connectivity index (χ1n) is 6.03. The van der Waals surface area contributed by atoms with Crippen LogP contribution in [0.15, 0.2) is 24.5 Å². The molecule has 0 amide bonds. The molecule has 0 aliphatic carbocycles. The quantitative estimate of drug-likeness (QED) is 0.468. The Labute approximate surface area is 107 Å². The first-order chi connectivity index (χ1) is 8.12. The fourth-order valence-corrected chi connectivity index (χ4v) is 0.413. The van der Waals surface area contributed by atoms with Crippen molar-refractivity contribution in [2.45, 2.75) is 41.5 Å². The molecule has 0 aromatic rings. The summed E-state index contributed by atoms with van der Waals surface area (Å²) < 4.78 is 4.45. The highest BCUT2D eigenvalue weighted by Crippen LogP contribution is 1.88. The number of methoxy groups -OCH3 is 1. The van der Waals surface area contributed by atoms with Crippen LogP contribution in [0.2, 0.25) is 0 Å². The largest absolute Gasteiger partial charge is 0.499 e. The second kappa shape index (κ2) is 29.4. The summed E-state index contributed by atoms with van der Waals surface area (Å²) in [7, 11) is 1.47. The van der Waals surface area contributed by atoms with Gasteiger partial charge in [0.2, 0.25) is 0 Å². The summed E-state index contributed by atoms with van der Waals surface area (Å²) in [6, 6.07) is 0. The summed E-state index contributed by atoms with van der Waals surface area (Å²) in [4.78, 5) is 9.84. The van der Waals surface area contributed by atoms with Gasteiger partial charge in [0.1, 0.15) is 12.0 Å². The van der Waals surface area contributed by atoms with Crippen molar-refractivity contribution in [3.63, 3.8) is 0 Å². The summed E-state index contributed by atoms with van der Waals surface area (Å²) in [5.74, 6) is 0.486. The van der Waals surface area contributed by atoms with Gasteiger partial charge in [0.15, 0.2) is 0 Å². The van der Waals surface area contributed by atoms with Gasteiger partial charge in [-0.05, 0) is 6.92 Å². The first-order valence-corrected chi connectivity index (χ1v) is 6.03. The molecule has 0 aliphatic heterocycles. The minimum Gasteiger partial charge on any atom is -0.499 e. The Morgan fingerprint density at radius 1 is 1.35 bits per heavy atom. The van der Waals surface area contributed by atoms with Crippen LogP contribution in [-0.4, -0.2) is 25.1 Å². The lowest BCUT2D eigenvalue weighted by Gasteiger charge is -1.94. The van der Waals surface area contributed by atoms with Crippen LogP contribution in [0.5, 0.6) is 0 Å². The Balaban J connectivity index is -0.0000000772. The van der Waals surface area contributed by atoms with Gasteiger partial charge in [-0.25, -0.2) is 0 Å². The number of allylic oxidation sites excluding steroid dienone is 2. The van der Waals surface area contributed by atoms with Crippen LogP contribution in [0, 0.1) is 5.92 Å². The van der Waals surface area contributed by atoms with Gasteiger partial charge in [-0.1, -0.05) is 53.3 Å². The van der Waals surface area contributed by atoms with Crippen molar-refractivity contribution in [2.75, 3.05) is 13.7 Å². The molecule has 1 unspecified atom stereocenters. The monoisotopic (exact) mass is 246 g/mol. The van der Waals surface area contributed by atoms with Gasteiger partial charge in [-0.3, -0.25) is 0 Å². The number of hydrogen-bond donors (Lipinski definition) is 1. The van der Waals surface area contributed by atoms with E-state index in [1.807, 2.05) is 53.7 Å². The normalized spacial score (nSPS) is 9.41. The predicted molar refractivity (Wildman–Crippen MR) is 76.0 cm³/mol. The van der Waals surface area contributed by atoms with Crippen LogP contribution in [0.3, 0.4) is 0 Å². The molecule has 1 atom stereocenters. The molecule has 104 valence electrons. The molecule has 0 saturated heterocycles. The maximum Gasteiger partial charge on any atom is 0.126 e. The van der Waals surface area contributed by atoms with Gasteiger partial charge in [0.05, 0.1) is 13.7 Å². The third-order valence-corrected chi connectivity index (χ3v) is 1.18. The predicted octanol–water partition coefficient (Wildman–Crippen LogP) is 3.59. The van der Waals surface area contributed by atoms with Gasteiger partial charge in [-0.15, -0.1) is 0 Å². The summed E-state index contributed by atoms with van der Waals surface area (Å²) in [5, 5.41) is 8.11. The van der Waals surface area contributed by atoms with Crippen molar-refractivity contribution in [2.24, 2.45) is 5.92 Å². The van der Waals surface area contributed by atoms with Crippen molar-refractivity contribution < 1.29 is 14.6 Å². The third kappa shape index (κ3) is 39.7. The SMILES string of the molecule is C=C(CO)OC.CC.CC.CC=CC(C)C=O. The summed E-state index contributed by atoms with van der Waals surface area (Å²) in [6.07, 6.45) is 4.64. The molecule has 0 aromatic heterocycles. The fraction of sp³-hybridized carbons (Fsp3) is 0.643. The molecule has 3 nitrogen and oxygen atoms in total. The van der Waals surface area contributed by atoms with E-state index in [0.29, 0.717) is 5.76 Å². The van der Waals surface area contributed by atoms with Gasteiger partial charge in [-0.2, -0.15) is 0 Å². The molecule has 0 spiro atoms. The molecule has 3 heteroatoms. The molecule has 0 aliphatic rings. The zero-order valence-electron chi connectivity index (χ0n) is 12.5. The molecule has 0 saturated carbocycles. The maximum atomic E-state index is 9.84. The number of carbonyl (C=O) groups is 1. The molecule has 0 aromatic carbocycles. The highest BCUT2D eigenvalue weighted by molar-refractivity contribution is 5.55. The third-order valence-electron chi connectivity index (χ3n) is 1.18. The number of rotatable bonds is 4. The molecular formula is C14H30O3. The lowest BCUT2D eigenvalue weighted by atomic mass is 10.2. The average Bonchev–Trinajstić information content (AvgIpc) is 2.43. The van der Waals surface area contributed by atoms with E-state index in [-0.39, 0.29) is 12.5 Å². The maximum absolute atomic E-state index is 9.84. The smallest absolute Gasteiger partial charge is 0.126 e. The number of aldehydes is 1. The van der Waals surface area contributed by atoms with E-state index < -0.39 is 0 Å². The fourth-order valence-electron chi connectivity index (χ4n) is 0.413. The van der Waals surface area contributed by atoms with Crippen molar-refractivity contribution in [3.05, 3.63) is 24.5 Å². The molecule has 0 rings (SSSR count). The number of aliphatic hydroxyl groups is 1. The molecule has 0 bridgehead atoms. The Kier molecular flexibility index (Phi) is 43.1. The van der Waals surface area contributed by atoms with E-state index in [1.54, 1.807) is 0 Å². The van der Waals surface area contributed by atoms with Gasteiger partial charge in [0, 0.05) is 5.92 Å². The van der Waals surface area contributed by atoms with E-state index in [4.69, 9.17) is 5.11 Å². The topological polar surface area (TPSA) is 46.5 Å². The van der Waals surface area contributed by atoms with Crippen LogP contribution in [-0.2, 0) is 9.53 Å². The van der Waals surface area contributed by atoms with E-state index in [1.165, 1.54) is 7.11 Å². The van der Waals surface area contributed by atoms with Crippen LogP contribution >= 0.6 is 0 Å². The van der Waals surface area contributed by atoms with E-state index >= 15 is 0 Å². The van der Waals surface area contributed by atoms with Crippen LogP contribution in [0.25, 0.3) is 0 Å². The molecule has 0 heterocycles.